The molecule has 0 N–H and O–H groups in total. The van der Waals surface area contributed by atoms with Crippen molar-refractivity contribution >= 4 is 38.2 Å². The monoisotopic (exact) mass is 432 g/mol. The Morgan fingerprint density at radius 3 is 2.74 bits per heavy atom. The Kier molecular flexibility index (Phi) is 5.47. The van der Waals surface area contributed by atoms with E-state index in [0.717, 1.165) is 39.8 Å². The maximum Gasteiger partial charge on any atom is 0.274 e. The molecule has 1 amide bonds. The Labute approximate surface area is 185 Å². The lowest BCUT2D eigenvalue weighted by molar-refractivity contribution is -0.132. The van der Waals surface area contributed by atoms with Crippen LogP contribution in [-0.2, 0) is 11.2 Å². The summed E-state index contributed by atoms with van der Waals surface area (Å²) in [5.74, 6) is 0.976. The summed E-state index contributed by atoms with van der Waals surface area (Å²) in [5, 5.41) is 3.01. The van der Waals surface area contributed by atoms with Crippen molar-refractivity contribution in [3.8, 4) is 10.9 Å². The summed E-state index contributed by atoms with van der Waals surface area (Å²) >= 11 is 1.55. The van der Waals surface area contributed by atoms with Crippen molar-refractivity contribution in [3.63, 3.8) is 0 Å². The molecule has 2 heterocycles. The second kappa shape index (κ2) is 8.55. The van der Waals surface area contributed by atoms with Gasteiger partial charge in [-0.2, -0.15) is 0 Å². The number of carbonyl (C=O) groups is 1. The van der Waals surface area contributed by atoms with Crippen LogP contribution < -0.4 is 9.47 Å². The molecular formula is C25H24N2O3S. The van der Waals surface area contributed by atoms with E-state index >= 15 is 0 Å². The van der Waals surface area contributed by atoms with Gasteiger partial charge < -0.3 is 14.4 Å². The fraction of sp³-hybridized carbons (Fsp3) is 0.280. The highest BCUT2D eigenvalue weighted by Gasteiger charge is 2.25. The first kappa shape index (κ1) is 19.8. The van der Waals surface area contributed by atoms with Crippen molar-refractivity contribution in [1.82, 2.24) is 9.88 Å². The quantitative estimate of drug-likeness (QED) is 0.442. The summed E-state index contributed by atoms with van der Waals surface area (Å²) in [6.07, 6.45) is 2.16. The van der Waals surface area contributed by atoms with E-state index in [1.165, 1.54) is 5.39 Å². The van der Waals surface area contributed by atoms with Gasteiger partial charge in [-0.05, 0) is 28.5 Å². The average Bonchev–Trinajstić information content (AvgIpc) is 3.21. The lowest BCUT2D eigenvalue weighted by atomic mass is 10.0. The molecule has 1 aromatic heterocycles. The minimum absolute atomic E-state index is 0.0871. The van der Waals surface area contributed by atoms with Crippen molar-refractivity contribution in [2.75, 3.05) is 20.2 Å². The highest BCUT2D eigenvalue weighted by molar-refractivity contribution is 7.20. The molecule has 0 spiro atoms. The third-order valence-corrected chi connectivity index (χ3v) is 6.79. The standard InChI is InChI=1S/C25H24N2O3S/c1-29-20-9-10-23-22(16-20)26-25(31-23)30-19-11-13-27(14-12-19)24(28)15-18-7-4-6-17-5-2-3-8-21(17)18/h2-10,16,19H,11-15H2,1H3. The van der Waals surface area contributed by atoms with E-state index in [0.29, 0.717) is 24.7 Å². The molecule has 5 nitrogen and oxygen atoms in total. The Balaban J connectivity index is 1.19. The van der Waals surface area contributed by atoms with Crippen molar-refractivity contribution in [1.29, 1.82) is 0 Å². The van der Waals surface area contributed by atoms with E-state index in [-0.39, 0.29) is 12.0 Å². The molecule has 0 unspecified atom stereocenters. The Hall–Kier alpha value is -3.12. The second-order valence-corrected chi connectivity index (χ2v) is 8.82. The molecule has 3 aromatic carbocycles. The molecule has 0 radical (unpaired) electrons. The number of benzene rings is 3. The predicted octanol–water partition coefficient (Wildman–Crippen LogP) is 5.07. The molecule has 158 valence electrons. The maximum absolute atomic E-state index is 12.9. The van der Waals surface area contributed by atoms with E-state index in [9.17, 15) is 4.79 Å². The number of piperidine rings is 1. The van der Waals surface area contributed by atoms with Gasteiger partial charge in [0.2, 0.25) is 5.91 Å². The fourth-order valence-corrected chi connectivity index (χ4v) is 5.01. The summed E-state index contributed by atoms with van der Waals surface area (Å²) < 4.78 is 12.5. The molecule has 0 atom stereocenters. The first-order valence-electron chi connectivity index (χ1n) is 10.6. The van der Waals surface area contributed by atoms with E-state index in [1.807, 2.05) is 41.3 Å². The largest absolute Gasteiger partial charge is 0.497 e. The van der Waals surface area contributed by atoms with Crippen LogP contribution in [0.1, 0.15) is 18.4 Å². The number of fused-ring (bicyclic) bond motifs is 2. The van der Waals surface area contributed by atoms with Gasteiger partial charge in [-0.3, -0.25) is 4.79 Å². The molecule has 4 aromatic rings. The van der Waals surface area contributed by atoms with Gasteiger partial charge in [-0.25, -0.2) is 4.98 Å². The van der Waals surface area contributed by atoms with Gasteiger partial charge in [0, 0.05) is 32.0 Å². The number of amides is 1. The third-order valence-electron chi connectivity index (χ3n) is 5.86. The lowest BCUT2D eigenvalue weighted by Gasteiger charge is -2.31. The van der Waals surface area contributed by atoms with Crippen molar-refractivity contribution in [3.05, 3.63) is 66.2 Å². The summed E-state index contributed by atoms with van der Waals surface area (Å²) in [5.41, 5.74) is 1.98. The number of hydrogen-bond donors (Lipinski definition) is 0. The maximum atomic E-state index is 12.9. The van der Waals surface area contributed by atoms with Crippen molar-refractivity contribution in [2.45, 2.75) is 25.4 Å². The Morgan fingerprint density at radius 1 is 1.10 bits per heavy atom. The molecule has 6 heteroatoms. The predicted molar refractivity (Wildman–Crippen MR) is 124 cm³/mol. The summed E-state index contributed by atoms with van der Waals surface area (Å²) in [7, 11) is 1.65. The van der Waals surface area contributed by atoms with Crippen LogP contribution in [0.4, 0.5) is 0 Å². The van der Waals surface area contributed by atoms with Crippen LogP contribution in [0, 0.1) is 0 Å². The third kappa shape index (κ3) is 4.21. The van der Waals surface area contributed by atoms with E-state index < -0.39 is 0 Å². The first-order chi connectivity index (χ1) is 15.2. The zero-order chi connectivity index (χ0) is 21.2. The van der Waals surface area contributed by atoms with Gasteiger partial charge in [0.15, 0.2) is 0 Å². The summed E-state index contributed by atoms with van der Waals surface area (Å²) in [6, 6.07) is 20.3. The van der Waals surface area contributed by atoms with Gasteiger partial charge in [0.25, 0.3) is 5.19 Å². The van der Waals surface area contributed by atoms with Crippen LogP contribution in [-0.4, -0.2) is 42.1 Å². The highest BCUT2D eigenvalue weighted by atomic mass is 32.1. The Morgan fingerprint density at radius 2 is 1.90 bits per heavy atom. The number of thiazole rings is 1. The van der Waals surface area contributed by atoms with Crippen LogP contribution >= 0.6 is 11.3 Å². The normalized spacial score (nSPS) is 14.8. The lowest BCUT2D eigenvalue weighted by Crippen LogP contribution is -2.42. The number of methoxy groups -OCH3 is 1. The van der Waals surface area contributed by atoms with Crippen LogP contribution in [0.3, 0.4) is 0 Å². The topological polar surface area (TPSA) is 51.7 Å². The van der Waals surface area contributed by atoms with Crippen LogP contribution in [0.15, 0.2) is 60.7 Å². The number of ether oxygens (including phenoxy) is 2. The smallest absolute Gasteiger partial charge is 0.274 e. The molecule has 1 aliphatic rings. The molecule has 31 heavy (non-hydrogen) atoms. The van der Waals surface area contributed by atoms with Crippen LogP contribution in [0.5, 0.6) is 10.9 Å². The van der Waals surface area contributed by atoms with Gasteiger partial charge in [-0.1, -0.05) is 53.8 Å². The molecular weight excluding hydrogens is 408 g/mol. The first-order valence-corrected chi connectivity index (χ1v) is 11.4. The summed E-state index contributed by atoms with van der Waals surface area (Å²) in [4.78, 5) is 19.5. The minimum atomic E-state index is 0.0871. The van der Waals surface area contributed by atoms with Gasteiger partial charge in [0.1, 0.15) is 11.9 Å². The van der Waals surface area contributed by atoms with E-state index in [2.05, 4.69) is 29.2 Å². The van der Waals surface area contributed by atoms with Crippen LogP contribution in [0.25, 0.3) is 21.0 Å². The highest BCUT2D eigenvalue weighted by Crippen LogP contribution is 2.32. The molecule has 1 aliphatic heterocycles. The van der Waals surface area contributed by atoms with Gasteiger partial charge >= 0.3 is 0 Å². The number of carbonyl (C=O) groups excluding carboxylic acids is 1. The zero-order valence-corrected chi connectivity index (χ0v) is 18.2. The fourth-order valence-electron chi connectivity index (χ4n) is 4.15. The number of aromatic nitrogens is 1. The number of nitrogens with zero attached hydrogens (tertiary/aromatic N) is 2. The molecule has 5 rings (SSSR count). The average molecular weight is 433 g/mol. The van der Waals surface area contributed by atoms with Gasteiger partial charge in [0.05, 0.1) is 23.7 Å². The molecule has 0 aliphatic carbocycles. The summed E-state index contributed by atoms with van der Waals surface area (Å²) in [6.45, 7) is 1.43. The van der Waals surface area contributed by atoms with E-state index in [4.69, 9.17) is 9.47 Å². The molecule has 0 bridgehead atoms. The second-order valence-electron chi connectivity index (χ2n) is 7.83. The van der Waals surface area contributed by atoms with Crippen LogP contribution in [0.2, 0.25) is 0 Å². The molecule has 1 fully saturated rings. The number of hydrogen-bond acceptors (Lipinski definition) is 5. The molecule has 0 saturated carbocycles. The van der Waals surface area contributed by atoms with E-state index in [1.54, 1.807) is 18.4 Å². The molecule has 1 saturated heterocycles. The minimum Gasteiger partial charge on any atom is -0.497 e. The number of likely N-dealkylation sites (tertiary alicyclic amines) is 1. The van der Waals surface area contributed by atoms with Crippen molar-refractivity contribution < 1.29 is 14.3 Å². The Bertz CT molecular complexity index is 1220. The SMILES string of the molecule is COc1ccc2sc(OC3CCN(C(=O)Cc4cccc5ccccc45)CC3)nc2c1. The zero-order valence-electron chi connectivity index (χ0n) is 17.4. The number of rotatable bonds is 5. The van der Waals surface area contributed by atoms with Gasteiger partial charge in [-0.15, -0.1) is 0 Å². The van der Waals surface area contributed by atoms with Crippen molar-refractivity contribution in [2.24, 2.45) is 0 Å².